The minimum absolute atomic E-state index is 0.0457. The maximum Gasteiger partial charge on any atom is 0.225 e. The van der Waals surface area contributed by atoms with Crippen molar-refractivity contribution in [3.63, 3.8) is 0 Å². The highest BCUT2D eigenvalue weighted by Gasteiger charge is 2.32. The molecule has 7 heteroatoms. The summed E-state index contributed by atoms with van der Waals surface area (Å²) in [4.78, 5) is 14.6. The molecule has 1 saturated heterocycles. The number of hydrogen-bond acceptors (Lipinski definition) is 6. The third-order valence-corrected chi connectivity index (χ3v) is 4.73. The first-order valence-corrected chi connectivity index (χ1v) is 8.47. The summed E-state index contributed by atoms with van der Waals surface area (Å²) in [6, 6.07) is 3.45. The fraction of sp³-hybridized carbons (Fsp3) is 0.611. The zero-order chi connectivity index (χ0) is 18.4. The highest BCUT2D eigenvalue weighted by molar-refractivity contribution is 5.91. The van der Waals surface area contributed by atoms with Crippen LogP contribution in [0, 0.1) is 5.41 Å². The number of anilines is 1. The normalized spacial score (nSPS) is 20.4. The Bertz CT molecular complexity index is 583. The molecule has 1 amide bonds. The van der Waals surface area contributed by atoms with Crippen molar-refractivity contribution in [2.24, 2.45) is 11.1 Å². The molecule has 1 atom stereocenters. The molecule has 0 radical (unpaired) electrons. The number of nitrogens with zero attached hydrogens (tertiary/aromatic N) is 1. The summed E-state index contributed by atoms with van der Waals surface area (Å²) in [6.07, 6.45) is 1.51. The Labute approximate surface area is 149 Å². The second-order valence-electron chi connectivity index (χ2n) is 6.75. The van der Waals surface area contributed by atoms with Gasteiger partial charge in [-0.05, 0) is 24.9 Å². The Morgan fingerprint density at radius 2 is 1.88 bits per heavy atom. The molecule has 1 fully saturated rings. The molecule has 0 spiro atoms. The van der Waals surface area contributed by atoms with Crippen molar-refractivity contribution in [1.82, 2.24) is 4.90 Å². The van der Waals surface area contributed by atoms with Gasteiger partial charge in [0.05, 0.1) is 21.3 Å². The van der Waals surface area contributed by atoms with Gasteiger partial charge in [-0.3, -0.25) is 4.79 Å². The van der Waals surface area contributed by atoms with Gasteiger partial charge in [0.15, 0.2) is 11.5 Å². The van der Waals surface area contributed by atoms with Gasteiger partial charge in [-0.2, -0.15) is 0 Å². The number of benzene rings is 1. The molecule has 7 nitrogen and oxygen atoms in total. The standard InChI is InChI=1S/C18H29N3O4/c1-18(11-19)6-8-21(12-18)7-5-16(22)20-13-9-14(23-2)17(25-4)15(10-13)24-3/h9-10H,5-8,11-12,19H2,1-4H3,(H,20,22). The van der Waals surface area contributed by atoms with Crippen LogP contribution in [0.5, 0.6) is 17.2 Å². The molecule has 1 heterocycles. The quantitative estimate of drug-likeness (QED) is 0.742. The van der Waals surface area contributed by atoms with Crippen molar-refractivity contribution in [3.05, 3.63) is 12.1 Å². The molecule has 1 aliphatic rings. The molecule has 0 bridgehead atoms. The number of hydrogen-bond donors (Lipinski definition) is 2. The SMILES string of the molecule is COc1cc(NC(=O)CCN2CCC(C)(CN)C2)cc(OC)c1OC. The van der Waals surface area contributed by atoms with Gasteiger partial charge in [-0.25, -0.2) is 0 Å². The fourth-order valence-corrected chi connectivity index (χ4v) is 3.12. The molecule has 1 unspecified atom stereocenters. The molecule has 0 saturated carbocycles. The highest BCUT2D eigenvalue weighted by atomic mass is 16.5. The molecule has 1 aromatic rings. The van der Waals surface area contributed by atoms with Gasteiger partial charge in [0, 0.05) is 37.3 Å². The molecule has 1 aliphatic heterocycles. The van der Waals surface area contributed by atoms with Crippen LogP contribution in [0.15, 0.2) is 12.1 Å². The van der Waals surface area contributed by atoms with Gasteiger partial charge < -0.3 is 30.2 Å². The Morgan fingerprint density at radius 3 is 2.36 bits per heavy atom. The van der Waals surface area contributed by atoms with E-state index in [0.717, 1.165) is 26.1 Å². The van der Waals surface area contributed by atoms with Crippen LogP contribution in [0.1, 0.15) is 19.8 Å². The lowest BCUT2D eigenvalue weighted by atomic mass is 9.90. The largest absolute Gasteiger partial charge is 0.493 e. The molecule has 0 aliphatic carbocycles. The zero-order valence-electron chi connectivity index (χ0n) is 15.6. The third kappa shape index (κ3) is 4.76. The topological polar surface area (TPSA) is 86.1 Å². The molecule has 140 valence electrons. The van der Waals surface area contributed by atoms with Gasteiger partial charge >= 0.3 is 0 Å². The van der Waals surface area contributed by atoms with E-state index in [2.05, 4.69) is 17.1 Å². The summed E-state index contributed by atoms with van der Waals surface area (Å²) in [5.41, 5.74) is 6.62. The predicted octanol–water partition coefficient (Wildman–Crippen LogP) is 1.71. The van der Waals surface area contributed by atoms with Crippen LogP contribution in [0.2, 0.25) is 0 Å². The molecule has 1 aromatic carbocycles. The van der Waals surface area contributed by atoms with Gasteiger partial charge in [-0.15, -0.1) is 0 Å². The maximum atomic E-state index is 12.3. The summed E-state index contributed by atoms with van der Waals surface area (Å²) >= 11 is 0. The van der Waals surface area contributed by atoms with Crippen molar-refractivity contribution in [2.45, 2.75) is 19.8 Å². The lowest BCUT2D eigenvalue weighted by Crippen LogP contribution is -2.32. The number of ether oxygens (including phenoxy) is 3. The minimum atomic E-state index is -0.0457. The Kier molecular flexibility index (Phi) is 6.50. The van der Waals surface area contributed by atoms with Crippen molar-refractivity contribution in [3.8, 4) is 17.2 Å². The van der Waals surface area contributed by atoms with Crippen LogP contribution in [-0.4, -0.2) is 58.3 Å². The number of carbonyl (C=O) groups excluding carboxylic acids is 1. The number of nitrogens with one attached hydrogen (secondary N) is 1. The average molecular weight is 351 g/mol. The smallest absolute Gasteiger partial charge is 0.225 e. The molecule has 25 heavy (non-hydrogen) atoms. The number of amides is 1. The highest BCUT2D eigenvalue weighted by Crippen LogP contribution is 2.40. The van der Waals surface area contributed by atoms with Gasteiger partial charge in [0.25, 0.3) is 0 Å². The average Bonchev–Trinajstić information content (AvgIpc) is 3.01. The van der Waals surface area contributed by atoms with E-state index in [1.807, 2.05) is 0 Å². The Hall–Kier alpha value is -1.99. The molecule has 3 N–H and O–H groups in total. The van der Waals surface area contributed by atoms with E-state index in [0.29, 0.717) is 35.9 Å². The van der Waals surface area contributed by atoms with E-state index in [-0.39, 0.29) is 11.3 Å². The second kappa shape index (κ2) is 8.40. The van der Waals surface area contributed by atoms with E-state index >= 15 is 0 Å². The minimum Gasteiger partial charge on any atom is -0.493 e. The van der Waals surface area contributed by atoms with Crippen LogP contribution in [-0.2, 0) is 4.79 Å². The molecular weight excluding hydrogens is 322 g/mol. The summed E-state index contributed by atoms with van der Waals surface area (Å²) < 4.78 is 15.9. The van der Waals surface area contributed by atoms with E-state index in [1.165, 1.54) is 0 Å². The van der Waals surface area contributed by atoms with Crippen molar-refractivity contribution < 1.29 is 19.0 Å². The van der Waals surface area contributed by atoms with Crippen molar-refractivity contribution >= 4 is 11.6 Å². The summed E-state index contributed by atoms with van der Waals surface area (Å²) in [6.45, 7) is 5.54. The van der Waals surface area contributed by atoms with E-state index in [1.54, 1.807) is 33.5 Å². The van der Waals surface area contributed by atoms with E-state index in [9.17, 15) is 4.79 Å². The zero-order valence-corrected chi connectivity index (χ0v) is 15.6. The first-order chi connectivity index (χ1) is 11.9. The van der Waals surface area contributed by atoms with Crippen molar-refractivity contribution in [2.75, 3.05) is 52.8 Å². The lowest BCUT2D eigenvalue weighted by Gasteiger charge is -2.22. The number of likely N-dealkylation sites (tertiary alicyclic amines) is 1. The van der Waals surface area contributed by atoms with Gasteiger partial charge in [-0.1, -0.05) is 6.92 Å². The number of carbonyl (C=O) groups is 1. The van der Waals surface area contributed by atoms with Crippen LogP contribution >= 0.6 is 0 Å². The first-order valence-electron chi connectivity index (χ1n) is 8.47. The first kappa shape index (κ1) is 19.3. The van der Waals surface area contributed by atoms with Crippen LogP contribution in [0.25, 0.3) is 0 Å². The summed E-state index contributed by atoms with van der Waals surface area (Å²) in [7, 11) is 4.64. The third-order valence-electron chi connectivity index (χ3n) is 4.73. The summed E-state index contributed by atoms with van der Waals surface area (Å²) in [5.74, 6) is 1.47. The Morgan fingerprint density at radius 1 is 1.24 bits per heavy atom. The van der Waals surface area contributed by atoms with E-state index in [4.69, 9.17) is 19.9 Å². The number of methoxy groups -OCH3 is 3. The number of rotatable bonds is 8. The molecule has 0 aromatic heterocycles. The van der Waals surface area contributed by atoms with Crippen LogP contribution < -0.4 is 25.3 Å². The van der Waals surface area contributed by atoms with Gasteiger partial charge in [0.2, 0.25) is 11.7 Å². The monoisotopic (exact) mass is 351 g/mol. The second-order valence-corrected chi connectivity index (χ2v) is 6.75. The molecule has 2 rings (SSSR count). The summed E-state index contributed by atoms with van der Waals surface area (Å²) in [5, 5.41) is 2.90. The number of nitrogens with two attached hydrogens (primary N) is 1. The Balaban J connectivity index is 1.94. The molecular formula is C18H29N3O4. The van der Waals surface area contributed by atoms with Crippen molar-refractivity contribution in [1.29, 1.82) is 0 Å². The fourth-order valence-electron chi connectivity index (χ4n) is 3.12. The maximum absolute atomic E-state index is 12.3. The lowest BCUT2D eigenvalue weighted by molar-refractivity contribution is -0.116. The van der Waals surface area contributed by atoms with E-state index < -0.39 is 0 Å². The predicted molar refractivity (Wildman–Crippen MR) is 97.6 cm³/mol. The van der Waals surface area contributed by atoms with Crippen LogP contribution in [0.4, 0.5) is 5.69 Å². The van der Waals surface area contributed by atoms with Gasteiger partial charge in [0.1, 0.15) is 0 Å². The van der Waals surface area contributed by atoms with Crippen LogP contribution in [0.3, 0.4) is 0 Å².